The molecule has 0 radical (unpaired) electrons. The molecule has 0 saturated heterocycles. The van der Waals surface area contributed by atoms with Crippen molar-refractivity contribution in [3.8, 4) is 5.75 Å². The van der Waals surface area contributed by atoms with Gasteiger partial charge in [0.1, 0.15) is 11.9 Å². The van der Waals surface area contributed by atoms with E-state index in [1.54, 1.807) is 0 Å². The Morgan fingerprint density at radius 1 is 1.15 bits per heavy atom. The summed E-state index contributed by atoms with van der Waals surface area (Å²) < 4.78 is 7.47. The molecule has 1 aromatic carbocycles. The van der Waals surface area contributed by atoms with Gasteiger partial charge in [-0.2, -0.15) is 0 Å². The van der Waals surface area contributed by atoms with Crippen molar-refractivity contribution in [3.05, 3.63) is 28.2 Å². The number of hydrogen-bond donors (Lipinski definition) is 1. The SMILES string of the molecule is CNC1CC(C2CCCCCC2)Oc2cc(Br)ccc21. The van der Waals surface area contributed by atoms with Crippen LogP contribution in [-0.4, -0.2) is 13.2 Å². The quantitative estimate of drug-likeness (QED) is 0.780. The first-order valence-corrected chi connectivity index (χ1v) is 8.70. The number of rotatable bonds is 2. The molecule has 0 spiro atoms. The van der Waals surface area contributed by atoms with E-state index in [-0.39, 0.29) is 0 Å². The number of ether oxygens (including phenoxy) is 1. The average molecular weight is 338 g/mol. The van der Waals surface area contributed by atoms with Crippen molar-refractivity contribution in [3.63, 3.8) is 0 Å². The van der Waals surface area contributed by atoms with Gasteiger partial charge < -0.3 is 10.1 Å². The van der Waals surface area contributed by atoms with Gasteiger partial charge in [0, 0.05) is 22.5 Å². The Hall–Kier alpha value is -0.540. The molecule has 2 nitrogen and oxygen atoms in total. The lowest BCUT2D eigenvalue weighted by Gasteiger charge is -2.36. The van der Waals surface area contributed by atoms with Crippen LogP contribution < -0.4 is 10.1 Å². The van der Waals surface area contributed by atoms with E-state index in [2.05, 4.69) is 46.5 Å². The number of nitrogens with one attached hydrogen (secondary N) is 1. The van der Waals surface area contributed by atoms with E-state index in [9.17, 15) is 0 Å². The lowest BCUT2D eigenvalue weighted by Crippen LogP contribution is -2.36. The molecule has 1 aromatic rings. The standard InChI is InChI=1S/C17H24BrNO/c1-19-15-11-16(12-6-4-2-3-5-7-12)20-17-10-13(18)8-9-14(15)17/h8-10,12,15-16,19H,2-7,11H2,1H3. The second-order valence-corrected chi connectivity index (χ2v) is 7.08. The summed E-state index contributed by atoms with van der Waals surface area (Å²) in [7, 11) is 2.06. The molecule has 2 unspecified atom stereocenters. The van der Waals surface area contributed by atoms with Crippen molar-refractivity contribution in [2.24, 2.45) is 5.92 Å². The van der Waals surface area contributed by atoms with E-state index in [0.29, 0.717) is 12.1 Å². The fourth-order valence-corrected chi connectivity index (χ4v) is 4.05. The van der Waals surface area contributed by atoms with E-state index < -0.39 is 0 Å². The van der Waals surface area contributed by atoms with E-state index in [4.69, 9.17) is 4.74 Å². The molecule has 0 aromatic heterocycles. The van der Waals surface area contributed by atoms with Gasteiger partial charge in [-0.25, -0.2) is 0 Å². The molecule has 3 heteroatoms. The summed E-state index contributed by atoms with van der Waals surface area (Å²) >= 11 is 3.56. The minimum absolute atomic E-state index is 0.382. The van der Waals surface area contributed by atoms with Crippen molar-refractivity contribution < 1.29 is 4.74 Å². The van der Waals surface area contributed by atoms with E-state index in [0.717, 1.165) is 22.6 Å². The first-order chi connectivity index (χ1) is 9.78. The second-order valence-electron chi connectivity index (χ2n) is 6.17. The molecule has 1 N–H and O–H groups in total. The van der Waals surface area contributed by atoms with Crippen LogP contribution >= 0.6 is 15.9 Å². The van der Waals surface area contributed by atoms with Crippen LogP contribution in [-0.2, 0) is 0 Å². The van der Waals surface area contributed by atoms with Crippen LogP contribution in [0.5, 0.6) is 5.75 Å². The monoisotopic (exact) mass is 337 g/mol. The molecule has 0 amide bonds. The molecule has 1 aliphatic carbocycles. The van der Waals surface area contributed by atoms with E-state index in [1.807, 2.05) is 0 Å². The second kappa shape index (κ2) is 6.48. The van der Waals surface area contributed by atoms with Gasteiger partial charge in [-0.3, -0.25) is 0 Å². The lowest BCUT2D eigenvalue weighted by atomic mass is 9.86. The summed E-state index contributed by atoms with van der Waals surface area (Å²) in [5, 5.41) is 3.47. The molecule has 1 fully saturated rings. The topological polar surface area (TPSA) is 21.3 Å². The highest BCUT2D eigenvalue weighted by atomic mass is 79.9. The molecule has 1 heterocycles. The van der Waals surface area contributed by atoms with E-state index in [1.165, 1.54) is 44.1 Å². The number of benzene rings is 1. The Balaban J connectivity index is 1.81. The van der Waals surface area contributed by atoms with Crippen LogP contribution in [0.2, 0.25) is 0 Å². The van der Waals surface area contributed by atoms with Crippen LogP contribution in [0.25, 0.3) is 0 Å². The maximum absolute atomic E-state index is 6.37. The van der Waals surface area contributed by atoms with Gasteiger partial charge in [0.15, 0.2) is 0 Å². The highest BCUT2D eigenvalue weighted by Crippen LogP contribution is 2.40. The number of halogens is 1. The van der Waals surface area contributed by atoms with Gasteiger partial charge in [0.25, 0.3) is 0 Å². The summed E-state index contributed by atoms with van der Waals surface area (Å²) in [6.45, 7) is 0. The first-order valence-electron chi connectivity index (χ1n) is 7.91. The predicted molar refractivity (Wildman–Crippen MR) is 86.2 cm³/mol. The highest BCUT2D eigenvalue weighted by molar-refractivity contribution is 9.10. The van der Waals surface area contributed by atoms with Crippen LogP contribution in [0.4, 0.5) is 0 Å². The minimum Gasteiger partial charge on any atom is -0.490 e. The number of fused-ring (bicyclic) bond motifs is 1. The zero-order chi connectivity index (χ0) is 13.9. The Kier molecular flexibility index (Phi) is 4.67. The van der Waals surface area contributed by atoms with Gasteiger partial charge in [0.05, 0.1) is 0 Å². The van der Waals surface area contributed by atoms with Crippen molar-refractivity contribution in [1.29, 1.82) is 0 Å². The molecule has 20 heavy (non-hydrogen) atoms. The zero-order valence-corrected chi connectivity index (χ0v) is 13.8. The molecule has 1 aliphatic heterocycles. The number of hydrogen-bond acceptors (Lipinski definition) is 2. The predicted octanol–water partition coefficient (Wildman–Crippen LogP) is 4.83. The van der Waals surface area contributed by atoms with Crippen LogP contribution in [0.15, 0.2) is 22.7 Å². The van der Waals surface area contributed by atoms with Crippen LogP contribution in [0.1, 0.15) is 56.6 Å². The maximum Gasteiger partial charge on any atom is 0.125 e. The van der Waals surface area contributed by atoms with E-state index >= 15 is 0 Å². The Morgan fingerprint density at radius 3 is 2.60 bits per heavy atom. The van der Waals surface area contributed by atoms with Gasteiger partial charge in [-0.15, -0.1) is 0 Å². The smallest absolute Gasteiger partial charge is 0.125 e. The summed E-state index contributed by atoms with van der Waals surface area (Å²) in [6, 6.07) is 6.85. The summed E-state index contributed by atoms with van der Waals surface area (Å²) in [5.74, 6) is 1.81. The molecule has 2 aliphatic rings. The van der Waals surface area contributed by atoms with Gasteiger partial charge in [-0.1, -0.05) is 47.7 Å². The molecule has 0 bridgehead atoms. The highest BCUT2D eigenvalue weighted by Gasteiger charge is 2.32. The first kappa shape index (κ1) is 14.4. The minimum atomic E-state index is 0.382. The third-order valence-corrected chi connectivity index (χ3v) is 5.36. The summed E-state index contributed by atoms with van der Waals surface area (Å²) in [5.41, 5.74) is 1.31. The maximum atomic E-state index is 6.37. The van der Waals surface area contributed by atoms with Gasteiger partial charge in [-0.05, 0) is 37.9 Å². The third kappa shape index (κ3) is 3.04. The molecular weight excluding hydrogens is 314 g/mol. The molecule has 110 valence electrons. The normalized spacial score (nSPS) is 27.5. The van der Waals surface area contributed by atoms with Gasteiger partial charge >= 0.3 is 0 Å². The fraction of sp³-hybridized carbons (Fsp3) is 0.647. The molecular formula is C17H24BrNO. The average Bonchev–Trinajstić information content (AvgIpc) is 2.74. The van der Waals surface area contributed by atoms with Crippen molar-refractivity contribution >= 4 is 15.9 Å². The Bertz CT molecular complexity index is 454. The molecule has 2 atom stereocenters. The van der Waals surface area contributed by atoms with Crippen molar-refractivity contribution in [2.45, 2.75) is 57.1 Å². The lowest BCUT2D eigenvalue weighted by molar-refractivity contribution is 0.0856. The summed E-state index contributed by atoms with van der Waals surface area (Å²) in [4.78, 5) is 0. The zero-order valence-electron chi connectivity index (χ0n) is 12.2. The Labute approximate surface area is 130 Å². The fourth-order valence-electron chi connectivity index (χ4n) is 3.71. The van der Waals surface area contributed by atoms with Crippen LogP contribution in [0, 0.1) is 5.92 Å². The largest absolute Gasteiger partial charge is 0.490 e. The molecule has 1 saturated carbocycles. The van der Waals surface area contributed by atoms with Gasteiger partial charge in [0.2, 0.25) is 0 Å². The van der Waals surface area contributed by atoms with Crippen molar-refractivity contribution in [1.82, 2.24) is 5.32 Å². The van der Waals surface area contributed by atoms with Crippen molar-refractivity contribution in [2.75, 3.05) is 7.05 Å². The third-order valence-electron chi connectivity index (χ3n) is 4.87. The van der Waals surface area contributed by atoms with Crippen LogP contribution in [0.3, 0.4) is 0 Å². The summed E-state index contributed by atoms with van der Waals surface area (Å²) in [6.07, 6.45) is 9.72. The molecule has 3 rings (SSSR count). The Morgan fingerprint density at radius 2 is 1.90 bits per heavy atom.